The van der Waals surface area contributed by atoms with E-state index in [1.807, 2.05) is 42.5 Å². The van der Waals surface area contributed by atoms with Gasteiger partial charge in [0.2, 0.25) is 0 Å². The van der Waals surface area contributed by atoms with E-state index < -0.39 is 5.41 Å². The first kappa shape index (κ1) is 18.6. The van der Waals surface area contributed by atoms with Crippen molar-refractivity contribution in [3.8, 4) is 17.2 Å². The molecule has 144 valence electrons. The van der Waals surface area contributed by atoms with Crippen molar-refractivity contribution in [1.29, 1.82) is 0 Å². The van der Waals surface area contributed by atoms with Gasteiger partial charge in [0.25, 0.3) is 0 Å². The largest absolute Gasteiger partial charge is 0.508 e. The molecule has 0 unspecified atom stereocenters. The van der Waals surface area contributed by atoms with Gasteiger partial charge in [-0.3, -0.25) is 0 Å². The van der Waals surface area contributed by atoms with Crippen LogP contribution in [0.3, 0.4) is 0 Å². The molecule has 4 aromatic rings. The monoisotopic (exact) mass is 382 g/mol. The van der Waals surface area contributed by atoms with E-state index in [0.717, 1.165) is 27.8 Å². The van der Waals surface area contributed by atoms with E-state index in [2.05, 4.69) is 25.1 Å². The summed E-state index contributed by atoms with van der Waals surface area (Å²) in [5, 5.41) is 29.7. The van der Waals surface area contributed by atoms with Crippen LogP contribution in [0.4, 0.5) is 0 Å². The van der Waals surface area contributed by atoms with Crippen molar-refractivity contribution in [2.75, 3.05) is 0 Å². The van der Waals surface area contributed by atoms with Crippen LogP contribution in [0.2, 0.25) is 0 Å². The molecule has 0 aliphatic heterocycles. The topological polar surface area (TPSA) is 60.7 Å². The Morgan fingerprint density at radius 1 is 0.483 bits per heavy atom. The van der Waals surface area contributed by atoms with Crippen molar-refractivity contribution in [3.05, 3.63) is 125 Å². The maximum Gasteiger partial charge on any atom is 0.115 e. The first-order chi connectivity index (χ1) is 14.0. The van der Waals surface area contributed by atoms with E-state index in [9.17, 15) is 15.3 Å². The molecule has 0 aliphatic carbocycles. The fourth-order valence-corrected chi connectivity index (χ4v) is 4.01. The molecule has 3 heteroatoms. The third kappa shape index (κ3) is 3.32. The molecule has 0 spiro atoms. The molecule has 3 N–H and O–H groups in total. The van der Waals surface area contributed by atoms with Crippen molar-refractivity contribution in [1.82, 2.24) is 0 Å². The molecule has 0 amide bonds. The molecule has 29 heavy (non-hydrogen) atoms. The molecule has 4 aromatic carbocycles. The summed E-state index contributed by atoms with van der Waals surface area (Å²) in [7, 11) is 0. The predicted molar refractivity (Wildman–Crippen MR) is 114 cm³/mol. The molecule has 0 saturated carbocycles. The lowest BCUT2D eigenvalue weighted by Crippen LogP contribution is -2.31. The summed E-state index contributed by atoms with van der Waals surface area (Å²) in [5.74, 6) is 0.593. The molecule has 0 heterocycles. The summed E-state index contributed by atoms with van der Waals surface area (Å²) >= 11 is 0. The van der Waals surface area contributed by atoms with Gasteiger partial charge in [-0.15, -0.1) is 0 Å². The third-order valence-corrected chi connectivity index (χ3v) is 5.35. The quantitative estimate of drug-likeness (QED) is 0.409. The number of hydrogen-bond donors (Lipinski definition) is 3. The number of aryl methyl sites for hydroxylation is 1. The van der Waals surface area contributed by atoms with Crippen LogP contribution in [0.25, 0.3) is 0 Å². The predicted octanol–water partition coefficient (Wildman–Crippen LogP) is 5.49. The SMILES string of the molecule is Cc1cccc(C(c2ccc(O)cc2)(c2ccc(O)cc2)c2ccc(O)cc2)c1. The number of hydrogen-bond acceptors (Lipinski definition) is 3. The Morgan fingerprint density at radius 3 is 1.21 bits per heavy atom. The third-order valence-electron chi connectivity index (χ3n) is 5.35. The minimum Gasteiger partial charge on any atom is -0.508 e. The molecule has 0 radical (unpaired) electrons. The Hall–Kier alpha value is -3.72. The fourth-order valence-electron chi connectivity index (χ4n) is 4.01. The van der Waals surface area contributed by atoms with E-state index in [4.69, 9.17) is 0 Å². The fraction of sp³-hybridized carbons (Fsp3) is 0.0769. The number of benzene rings is 4. The zero-order valence-corrected chi connectivity index (χ0v) is 16.1. The highest BCUT2D eigenvalue weighted by molar-refractivity contribution is 5.61. The van der Waals surface area contributed by atoms with Crippen LogP contribution in [0.5, 0.6) is 17.2 Å². The molecule has 4 rings (SSSR count). The Labute approximate surface area is 170 Å². The summed E-state index contributed by atoms with van der Waals surface area (Å²) < 4.78 is 0. The molecule has 0 bridgehead atoms. The van der Waals surface area contributed by atoms with Crippen LogP contribution >= 0.6 is 0 Å². The summed E-state index contributed by atoms with van der Waals surface area (Å²) in [6.07, 6.45) is 0. The molecule has 0 aliphatic rings. The second-order valence-corrected chi connectivity index (χ2v) is 7.26. The van der Waals surface area contributed by atoms with Crippen LogP contribution in [-0.4, -0.2) is 15.3 Å². The molecular weight excluding hydrogens is 360 g/mol. The smallest absolute Gasteiger partial charge is 0.115 e. The zero-order chi connectivity index (χ0) is 20.4. The van der Waals surface area contributed by atoms with E-state index in [0.29, 0.717) is 0 Å². The van der Waals surface area contributed by atoms with Gasteiger partial charge in [-0.25, -0.2) is 0 Å². The van der Waals surface area contributed by atoms with Gasteiger partial charge < -0.3 is 15.3 Å². The maximum atomic E-state index is 9.88. The highest BCUT2D eigenvalue weighted by Gasteiger charge is 2.38. The van der Waals surface area contributed by atoms with Crippen LogP contribution in [0.15, 0.2) is 97.1 Å². The molecule has 0 atom stereocenters. The summed E-state index contributed by atoms with van der Waals surface area (Å²) in [5.41, 5.74) is 4.40. The maximum absolute atomic E-state index is 9.88. The lowest BCUT2D eigenvalue weighted by atomic mass is 9.65. The highest BCUT2D eigenvalue weighted by Crippen LogP contribution is 2.46. The van der Waals surface area contributed by atoms with E-state index in [1.165, 1.54) is 0 Å². The van der Waals surface area contributed by atoms with Crippen molar-refractivity contribution >= 4 is 0 Å². The van der Waals surface area contributed by atoms with Crippen LogP contribution in [-0.2, 0) is 5.41 Å². The van der Waals surface area contributed by atoms with E-state index in [-0.39, 0.29) is 17.2 Å². The summed E-state index contributed by atoms with van der Waals surface area (Å²) in [6, 6.07) is 29.9. The zero-order valence-electron chi connectivity index (χ0n) is 16.1. The van der Waals surface area contributed by atoms with Gasteiger partial charge in [-0.2, -0.15) is 0 Å². The molecule has 3 nitrogen and oxygen atoms in total. The van der Waals surface area contributed by atoms with E-state index in [1.54, 1.807) is 36.4 Å². The van der Waals surface area contributed by atoms with Gasteiger partial charge in [0.05, 0.1) is 5.41 Å². The van der Waals surface area contributed by atoms with Crippen molar-refractivity contribution in [2.24, 2.45) is 0 Å². The summed E-state index contributed by atoms with van der Waals surface area (Å²) in [6.45, 7) is 2.05. The number of aromatic hydroxyl groups is 3. The average molecular weight is 382 g/mol. The van der Waals surface area contributed by atoms with Gasteiger partial charge in [0.1, 0.15) is 17.2 Å². The van der Waals surface area contributed by atoms with Gasteiger partial charge in [0, 0.05) is 0 Å². The Bertz CT molecular complexity index is 1000. The molecule has 0 aromatic heterocycles. The second-order valence-electron chi connectivity index (χ2n) is 7.26. The van der Waals surface area contributed by atoms with Gasteiger partial charge in [0.15, 0.2) is 0 Å². The molecule has 0 saturated heterocycles. The van der Waals surface area contributed by atoms with E-state index >= 15 is 0 Å². The lowest BCUT2D eigenvalue weighted by molar-refractivity contribution is 0.474. The van der Waals surface area contributed by atoms with Crippen molar-refractivity contribution in [2.45, 2.75) is 12.3 Å². The summed E-state index contributed by atoms with van der Waals surface area (Å²) in [4.78, 5) is 0. The number of rotatable bonds is 4. The van der Waals surface area contributed by atoms with Gasteiger partial charge in [-0.05, 0) is 65.6 Å². The highest BCUT2D eigenvalue weighted by atomic mass is 16.3. The molecular formula is C26H22O3. The number of phenolic OH excluding ortho intramolecular Hbond substituents is 3. The van der Waals surface area contributed by atoms with Crippen molar-refractivity contribution < 1.29 is 15.3 Å². The molecule has 0 fully saturated rings. The minimum absolute atomic E-state index is 0.198. The van der Waals surface area contributed by atoms with Gasteiger partial charge in [-0.1, -0.05) is 66.2 Å². The Balaban J connectivity index is 2.13. The van der Waals surface area contributed by atoms with Crippen LogP contribution in [0, 0.1) is 6.92 Å². The number of phenols is 3. The normalized spacial score (nSPS) is 11.3. The minimum atomic E-state index is -0.693. The first-order valence-corrected chi connectivity index (χ1v) is 9.46. The Morgan fingerprint density at radius 2 is 0.862 bits per heavy atom. The average Bonchev–Trinajstić information content (AvgIpc) is 2.72. The van der Waals surface area contributed by atoms with Crippen LogP contribution in [0.1, 0.15) is 27.8 Å². The standard InChI is InChI=1S/C26H22O3/c1-18-3-2-4-22(17-18)26(19-5-11-23(27)12-6-19,20-7-13-24(28)14-8-20)21-9-15-25(29)16-10-21/h2-17,27-29H,1H3. The second kappa shape index (κ2) is 7.36. The van der Waals surface area contributed by atoms with Crippen LogP contribution < -0.4 is 0 Å². The Kier molecular flexibility index (Phi) is 4.73. The lowest BCUT2D eigenvalue weighted by Gasteiger charge is -2.37. The first-order valence-electron chi connectivity index (χ1n) is 9.46. The van der Waals surface area contributed by atoms with Crippen molar-refractivity contribution in [3.63, 3.8) is 0 Å². The van der Waals surface area contributed by atoms with Gasteiger partial charge >= 0.3 is 0 Å².